The van der Waals surface area contributed by atoms with Gasteiger partial charge < -0.3 is 10.6 Å². The third-order valence-corrected chi connectivity index (χ3v) is 5.26. The first-order valence-corrected chi connectivity index (χ1v) is 8.63. The van der Waals surface area contributed by atoms with Gasteiger partial charge in [-0.3, -0.25) is 0 Å². The fourth-order valence-corrected chi connectivity index (χ4v) is 3.49. The molecule has 1 aliphatic rings. The molecular weight excluding hydrogens is 274 g/mol. The van der Waals surface area contributed by atoms with Gasteiger partial charge in [-0.15, -0.1) is 0 Å². The highest BCUT2D eigenvalue weighted by Gasteiger charge is 2.25. The molecule has 0 unspecified atom stereocenters. The molecule has 3 N–H and O–H groups in total. The van der Waals surface area contributed by atoms with E-state index in [9.17, 15) is 8.42 Å². The van der Waals surface area contributed by atoms with E-state index in [0.29, 0.717) is 24.0 Å². The Balaban J connectivity index is 2.17. The maximum absolute atomic E-state index is 11.9. The van der Waals surface area contributed by atoms with E-state index in [4.69, 9.17) is 5.73 Å². The molecule has 0 spiro atoms. The zero-order valence-corrected chi connectivity index (χ0v) is 12.7. The van der Waals surface area contributed by atoms with Crippen LogP contribution < -0.4 is 15.4 Å². The van der Waals surface area contributed by atoms with E-state index in [1.165, 1.54) is 19.3 Å². The summed E-state index contributed by atoms with van der Waals surface area (Å²) in [6.45, 7) is 3.58. The van der Waals surface area contributed by atoms with Gasteiger partial charge in [-0.1, -0.05) is 6.92 Å². The molecule has 1 aromatic carbocycles. The molecule has 0 bridgehead atoms. The van der Waals surface area contributed by atoms with Crippen molar-refractivity contribution in [1.29, 1.82) is 0 Å². The van der Waals surface area contributed by atoms with Gasteiger partial charge in [0.1, 0.15) is 0 Å². The van der Waals surface area contributed by atoms with Crippen LogP contribution in [0.25, 0.3) is 0 Å². The predicted molar refractivity (Wildman–Crippen MR) is 81.3 cm³/mol. The molecule has 1 saturated carbocycles. The number of anilines is 1. The Morgan fingerprint density at radius 1 is 1.30 bits per heavy atom. The molecule has 112 valence electrons. The maximum atomic E-state index is 11.9. The van der Waals surface area contributed by atoms with Gasteiger partial charge in [0.2, 0.25) is 10.0 Å². The van der Waals surface area contributed by atoms with E-state index in [1.807, 2.05) is 12.1 Å². The van der Waals surface area contributed by atoms with Crippen molar-refractivity contribution < 1.29 is 8.42 Å². The number of nitrogens with two attached hydrogens (primary N) is 1. The highest BCUT2D eigenvalue weighted by Crippen LogP contribution is 2.29. The third-order valence-electron chi connectivity index (χ3n) is 3.70. The molecule has 0 radical (unpaired) electrons. The van der Waals surface area contributed by atoms with Crippen LogP contribution in [0.15, 0.2) is 29.2 Å². The number of sulfonamides is 1. The second kappa shape index (κ2) is 6.56. The van der Waals surface area contributed by atoms with Crippen molar-refractivity contribution >= 4 is 15.7 Å². The minimum Gasteiger partial charge on any atom is -0.367 e. The summed E-state index contributed by atoms with van der Waals surface area (Å²) >= 11 is 0. The van der Waals surface area contributed by atoms with Gasteiger partial charge in [-0.25, -0.2) is 13.1 Å². The summed E-state index contributed by atoms with van der Waals surface area (Å²) in [6.07, 6.45) is 3.65. The van der Waals surface area contributed by atoms with Crippen LogP contribution >= 0.6 is 0 Å². The number of rotatable bonds is 7. The van der Waals surface area contributed by atoms with E-state index in [-0.39, 0.29) is 0 Å². The average Bonchev–Trinajstić information content (AvgIpc) is 2.36. The van der Waals surface area contributed by atoms with E-state index < -0.39 is 10.0 Å². The van der Waals surface area contributed by atoms with Crippen molar-refractivity contribution in [2.75, 3.05) is 24.5 Å². The zero-order chi connectivity index (χ0) is 14.6. The van der Waals surface area contributed by atoms with Gasteiger partial charge in [0.15, 0.2) is 0 Å². The Kier molecular flexibility index (Phi) is 5.01. The Hall–Kier alpha value is -1.11. The molecule has 5 nitrogen and oxygen atoms in total. The summed E-state index contributed by atoms with van der Waals surface area (Å²) in [7, 11) is -3.37. The fourth-order valence-electron chi connectivity index (χ4n) is 2.45. The summed E-state index contributed by atoms with van der Waals surface area (Å²) in [5.74, 6) is 0. The standard InChI is InChI=1S/C14H23N3O2S/c1-2-16-20(18,19)14-8-6-13(7-9-14)17(11-10-15)12-4-3-5-12/h6-9,12,16H,2-5,10-11,15H2,1H3. The Labute approximate surface area is 121 Å². The molecule has 0 aliphatic heterocycles. The first-order valence-electron chi connectivity index (χ1n) is 7.15. The van der Waals surface area contributed by atoms with Gasteiger partial charge in [-0.2, -0.15) is 0 Å². The predicted octanol–water partition coefficient (Wildman–Crippen LogP) is 1.30. The van der Waals surface area contributed by atoms with Crippen LogP contribution in [0, 0.1) is 0 Å². The zero-order valence-electron chi connectivity index (χ0n) is 11.9. The summed E-state index contributed by atoms with van der Waals surface area (Å²) < 4.78 is 26.3. The van der Waals surface area contributed by atoms with E-state index >= 15 is 0 Å². The molecule has 0 aromatic heterocycles. The minimum absolute atomic E-state index is 0.310. The largest absolute Gasteiger partial charge is 0.367 e. The van der Waals surface area contributed by atoms with Gasteiger partial charge in [0.25, 0.3) is 0 Å². The second-order valence-electron chi connectivity index (χ2n) is 5.06. The maximum Gasteiger partial charge on any atom is 0.240 e. The highest BCUT2D eigenvalue weighted by molar-refractivity contribution is 7.89. The fraction of sp³-hybridized carbons (Fsp3) is 0.571. The molecule has 0 saturated heterocycles. The summed E-state index contributed by atoms with van der Waals surface area (Å²) in [6, 6.07) is 7.62. The quantitative estimate of drug-likeness (QED) is 0.795. The molecule has 0 amide bonds. The summed E-state index contributed by atoms with van der Waals surface area (Å²) in [5.41, 5.74) is 6.73. The molecule has 20 heavy (non-hydrogen) atoms. The third kappa shape index (κ3) is 3.31. The number of benzene rings is 1. The van der Waals surface area contributed by atoms with E-state index in [0.717, 1.165) is 12.2 Å². The lowest BCUT2D eigenvalue weighted by Gasteiger charge is -2.39. The van der Waals surface area contributed by atoms with Crippen LogP contribution in [0.1, 0.15) is 26.2 Å². The van der Waals surface area contributed by atoms with Crippen molar-refractivity contribution in [3.8, 4) is 0 Å². The van der Waals surface area contributed by atoms with Gasteiger partial charge in [0.05, 0.1) is 4.90 Å². The van der Waals surface area contributed by atoms with Crippen LogP contribution in [-0.2, 0) is 10.0 Å². The van der Waals surface area contributed by atoms with Crippen LogP contribution in [-0.4, -0.2) is 34.1 Å². The lowest BCUT2D eigenvalue weighted by molar-refractivity contribution is 0.388. The Morgan fingerprint density at radius 3 is 2.40 bits per heavy atom. The van der Waals surface area contributed by atoms with Gasteiger partial charge in [-0.05, 0) is 43.5 Å². The van der Waals surface area contributed by atoms with Crippen LogP contribution in [0.2, 0.25) is 0 Å². The van der Waals surface area contributed by atoms with Crippen molar-refractivity contribution in [3.63, 3.8) is 0 Å². The minimum atomic E-state index is -3.37. The van der Waals surface area contributed by atoms with E-state index in [2.05, 4.69) is 9.62 Å². The van der Waals surface area contributed by atoms with Crippen LogP contribution in [0.4, 0.5) is 5.69 Å². The van der Waals surface area contributed by atoms with Crippen molar-refractivity contribution in [2.45, 2.75) is 37.1 Å². The SMILES string of the molecule is CCNS(=O)(=O)c1ccc(N(CCN)C2CCC2)cc1. The average molecular weight is 297 g/mol. The molecule has 1 aliphatic carbocycles. The number of hydrogen-bond donors (Lipinski definition) is 2. The summed E-state index contributed by atoms with van der Waals surface area (Å²) in [5, 5.41) is 0. The van der Waals surface area contributed by atoms with Crippen LogP contribution in [0.3, 0.4) is 0 Å². The number of nitrogens with zero attached hydrogens (tertiary/aromatic N) is 1. The Morgan fingerprint density at radius 2 is 1.95 bits per heavy atom. The van der Waals surface area contributed by atoms with Gasteiger partial charge >= 0.3 is 0 Å². The Bertz CT molecular complexity index is 524. The topological polar surface area (TPSA) is 75.4 Å². The molecule has 0 heterocycles. The monoisotopic (exact) mass is 297 g/mol. The molecule has 2 rings (SSSR count). The number of nitrogens with one attached hydrogen (secondary N) is 1. The van der Waals surface area contributed by atoms with E-state index in [1.54, 1.807) is 19.1 Å². The molecule has 1 aromatic rings. The lowest BCUT2D eigenvalue weighted by atomic mass is 9.91. The molecule has 6 heteroatoms. The highest BCUT2D eigenvalue weighted by atomic mass is 32.2. The number of hydrogen-bond acceptors (Lipinski definition) is 4. The van der Waals surface area contributed by atoms with Crippen molar-refractivity contribution in [1.82, 2.24) is 4.72 Å². The molecular formula is C14H23N3O2S. The summed E-state index contributed by atoms with van der Waals surface area (Å²) in [4.78, 5) is 2.59. The lowest BCUT2D eigenvalue weighted by Crippen LogP contribution is -2.43. The smallest absolute Gasteiger partial charge is 0.240 e. The van der Waals surface area contributed by atoms with Crippen molar-refractivity contribution in [3.05, 3.63) is 24.3 Å². The van der Waals surface area contributed by atoms with Crippen molar-refractivity contribution in [2.24, 2.45) is 5.73 Å². The molecule has 0 atom stereocenters. The van der Waals surface area contributed by atoms with Gasteiger partial charge in [0, 0.05) is 31.4 Å². The first-order chi connectivity index (χ1) is 9.58. The first kappa shape index (κ1) is 15.3. The van der Waals surface area contributed by atoms with Crippen LogP contribution in [0.5, 0.6) is 0 Å². The second-order valence-corrected chi connectivity index (χ2v) is 6.83. The molecule has 1 fully saturated rings. The normalized spacial score (nSPS) is 15.9.